The molecule has 0 saturated carbocycles. The zero-order chi connectivity index (χ0) is 17.4. The second-order valence-corrected chi connectivity index (χ2v) is 5.61. The van der Waals surface area contributed by atoms with Crippen LogP contribution >= 0.6 is 0 Å². The van der Waals surface area contributed by atoms with Crippen LogP contribution in [0.1, 0.15) is 20.7 Å². The van der Waals surface area contributed by atoms with Crippen LogP contribution in [0.2, 0.25) is 0 Å². The van der Waals surface area contributed by atoms with Crippen LogP contribution < -0.4 is 19.3 Å². The molecule has 0 bridgehead atoms. The topological polar surface area (TPSA) is 59.1 Å². The number of carbonyl (C=O) groups excluding carboxylic acids is 2. The Labute approximate surface area is 140 Å². The van der Waals surface area contributed by atoms with E-state index in [4.69, 9.17) is 9.47 Å². The van der Waals surface area contributed by atoms with E-state index in [9.17, 15) is 9.59 Å². The number of amides is 2. The molecule has 0 aliphatic carbocycles. The van der Waals surface area contributed by atoms with Gasteiger partial charge in [-0.2, -0.15) is 0 Å². The van der Waals surface area contributed by atoms with Crippen LogP contribution in [0.15, 0.2) is 36.4 Å². The minimum atomic E-state index is -0.367. The van der Waals surface area contributed by atoms with Gasteiger partial charge < -0.3 is 14.4 Å². The summed E-state index contributed by atoms with van der Waals surface area (Å²) in [6.07, 6.45) is 0. The van der Waals surface area contributed by atoms with Crippen molar-refractivity contribution in [2.75, 3.05) is 38.1 Å². The maximum atomic E-state index is 12.7. The standard InChI is InChI=1S/C18H18N2O4/c1-19(2)15-8-5-11(9-16(15)24-4)20-17(21)13-7-6-12(23-3)10-14(13)18(20)22/h5-10H,1-4H3. The lowest BCUT2D eigenvalue weighted by Crippen LogP contribution is -2.29. The Bertz CT molecular complexity index is 830. The van der Waals surface area contributed by atoms with Crippen molar-refractivity contribution in [1.29, 1.82) is 0 Å². The average molecular weight is 326 g/mol. The number of ether oxygens (including phenoxy) is 2. The predicted molar refractivity (Wildman–Crippen MR) is 91.5 cm³/mol. The molecule has 0 atom stereocenters. The number of anilines is 2. The van der Waals surface area contributed by atoms with Crippen molar-refractivity contribution >= 4 is 23.2 Å². The first-order valence-corrected chi connectivity index (χ1v) is 7.40. The van der Waals surface area contributed by atoms with E-state index in [1.54, 1.807) is 37.4 Å². The Kier molecular flexibility index (Phi) is 3.89. The van der Waals surface area contributed by atoms with Crippen molar-refractivity contribution in [1.82, 2.24) is 0 Å². The van der Waals surface area contributed by atoms with Crippen molar-refractivity contribution in [3.8, 4) is 11.5 Å². The molecule has 0 unspecified atom stereocenters. The zero-order valence-electron chi connectivity index (χ0n) is 14.0. The molecule has 0 saturated heterocycles. The normalized spacial score (nSPS) is 13.1. The van der Waals surface area contributed by atoms with Gasteiger partial charge in [-0.1, -0.05) is 0 Å². The first-order chi connectivity index (χ1) is 11.5. The summed E-state index contributed by atoms with van der Waals surface area (Å²) in [5.74, 6) is 0.412. The number of hydrogen-bond donors (Lipinski definition) is 0. The van der Waals surface area contributed by atoms with Crippen molar-refractivity contribution < 1.29 is 19.1 Å². The molecular formula is C18H18N2O4. The Hall–Kier alpha value is -3.02. The van der Waals surface area contributed by atoms with E-state index in [0.717, 1.165) is 10.6 Å². The summed E-state index contributed by atoms with van der Waals surface area (Å²) in [5.41, 5.74) is 2.05. The number of fused-ring (bicyclic) bond motifs is 1. The third kappa shape index (κ3) is 2.36. The third-order valence-electron chi connectivity index (χ3n) is 4.00. The van der Waals surface area contributed by atoms with E-state index in [1.807, 2.05) is 25.1 Å². The number of imide groups is 1. The lowest BCUT2D eigenvalue weighted by Gasteiger charge is -2.20. The van der Waals surface area contributed by atoms with E-state index >= 15 is 0 Å². The van der Waals surface area contributed by atoms with Crippen molar-refractivity contribution in [2.24, 2.45) is 0 Å². The fraction of sp³-hybridized carbons (Fsp3) is 0.222. The highest BCUT2D eigenvalue weighted by molar-refractivity contribution is 6.34. The van der Waals surface area contributed by atoms with E-state index in [-0.39, 0.29) is 11.8 Å². The van der Waals surface area contributed by atoms with E-state index in [0.29, 0.717) is 28.3 Å². The largest absolute Gasteiger partial charge is 0.497 e. The minimum absolute atomic E-state index is 0.343. The van der Waals surface area contributed by atoms with Crippen LogP contribution in [-0.4, -0.2) is 40.1 Å². The van der Waals surface area contributed by atoms with Gasteiger partial charge >= 0.3 is 0 Å². The molecule has 1 heterocycles. The maximum Gasteiger partial charge on any atom is 0.266 e. The molecule has 6 heteroatoms. The molecule has 124 valence electrons. The molecule has 0 radical (unpaired) electrons. The molecular weight excluding hydrogens is 308 g/mol. The summed E-state index contributed by atoms with van der Waals surface area (Å²) in [4.78, 5) is 28.4. The quantitative estimate of drug-likeness (QED) is 0.808. The van der Waals surface area contributed by atoms with Crippen molar-refractivity contribution in [3.63, 3.8) is 0 Å². The highest BCUT2D eigenvalue weighted by atomic mass is 16.5. The molecule has 24 heavy (non-hydrogen) atoms. The van der Waals surface area contributed by atoms with E-state index < -0.39 is 0 Å². The number of hydrogen-bond acceptors (Lipinski definition) is 5. The van der Waals surface area contributed by atoms with Gasteiger partial charge in [-0.15, -0.1) is 0 Å². The van der Waals surface area contributed by atoms with Gasteiger partial charge in [0.05, 0.1) is 36.7 Å². The molecule has 0 N–H and O–H groups in total. The zero-order valence-corrected chi connectivity index (χ0v) is 14.0. The maximum absolute atomic E-state index is 12.7. The molecule has 2 aromatic carbocycles. The van der Waals surface area contributed by atoms with Gasteiger partial charge in [0.15, 0.2) is 0 Å². The van der Waals surface area contributed by atoms with Gasteiger partial charge in [0.1, 0.15) is 11.5 Å². The van der Waals surface area contributed by atoms with Gasteiger partial charge in [-0.25, -0.2) is 4.90 Å². The molecule has 6 nitrogen and oxygen atoms in total. The first kappa shape index (κ1) is 15.9. The minimum Gasteiger partial charge on any atom is -0.497 e. The SMILES string of the molecule is COc1ccc2c(c1)C(=O)N(c1ccc(N(C)C)c(OC)c1)C2=O. The van der Waals surface area contributed by atoms with Crippen LogP contribution in [0.4, 0.5) is 11.4 Å². The van der Waals surface area contributed by atoms with Crippen molar-refractivity contribution in [2.45, 2.75) is 0 Å². The van der Waals surface area contributed by atoms with Crippen LogP contribution in [0.3, 0.4) is 0 Å². The lowest BCUT2D eigenvalue weighted by molar-refractivity contribution is 0.0926. The monoisotopic (exact) mass is 326 g/mol. The first-order valence-electron chi connectivity index (χ1n) is 7.40. The van der Waals surface area contributed by atoms with Gasteiger partial charge in [0.2, 0.25) is 0 Å². The second kappa shape index (κ2) is 5.88. The van der Waals surface area contributed by atoms with Gasteiger partial charge in [0, 0.05) is 20.2 Å². The summed E-state index contributed by atoms with van der Waals surface area (Å²) in [6.45, 7) is 0. The highest BCUT2D eigenvalue weighted by Crippen LogP contribution is 2.36. The fourth-order valence-electron chi connectivity index (χ4n) is 2.76. The van der Waals surface area contributed by atoms with Crippen LogP contribution in [0, 0.1) is 0 Å². The van der Waals surface area contributed by atoms with Crippen molar-refractivity contribution in [3.05, 3.63) is 47.5 Å². The van der Waals surface area contributed by atoms with Crippen LogP contribution in [0.5, 0.6) is 11.5 Å². The number of carbonyl (C=O) groups is 2. The smallest absolute Gasteiger partial charge is 0.266 e. The summed E-state index contributed by atoms with van der Waals surface area (Å²) in [5, 5.41) is 0. The lowest BCUT2D eigenvalue weighted by atomic mass is 10.1. The Balaban J connectivity index is 2.05. The predicted octanol–water partition coefficient (Wildman–Crippen LogP) is 2.57. The van der Waals surface area contributed by atoms with Gasteiger partial charge in [-0.3, -0.25) is 9.59 Å². The molecule has 0 fully saturated rings. The molecule has 0 spiro atoms. The summed E-state index contributed by atoms with van der Waals surface area (Å²) in [7, 11) is 6.86. The summed E-state index contributed by atoms with van der Waals surface area (Å²) in [6, 6.07) is 10.1. The fourth-order valence-corrected chi connectivity index (χ4v) is 2.76. The number of rotatable bonds is 4. The van der Waals surface area contributed by atoms with Crippen LogP contribution in [-0.2, 0) is 0 Å². The third-order valence-corrected chi connectivity index (χ3v) is 4.00. The molecule has 0 aromatic heterocycles. The van der Waals surface area contributed by atoms with Gasteiger partial charge in [-0.05, 0) is 30.3 Å². The number of nitrogens with zero attached hydrogens (tertiary/aromatic N) is 2. The highest BCUT2D eigenvalue weighted by Gasteiger charge is 2.37. The number of methoxy groups -OCH3 is 2. The molecule has 1 aliphatic heterocycles. The molecule has 2 amide bonds. The second-order valence-electron chi connectivity index (χ2n) is 5.61. The summed E-state index contributed by atoms with van der Waals surface area (Å²) < 4.78 is 10.5. The Morgan fingerprint density at radius 2 is 1.58 bits per heavy atom. The Morgan fingerprint density at radius 1 is 0.875 bits per heavy atom. The average Bonchev–Trinajstić information content (AvgIpc) is 2.84. The number of benzene rings is 2. The molecule has 1 aliphatic rings. The van der Waals surface area contributed by atoms with Gasteiger partial charge in [0.25, 0.3) is 11.8 Å². The van der Waals surface area contributed by atoms with E-state index in [2.05, 4.69) is 0 Å². The molecule has 2 aromatic rings. The molecule has 3 rings (SSSR count). The van der Waals surface area contributed by atoms with E-state index in [1.165, 1.54) is 7.11 Å². The Morgan fingerprint density at radius 3 is 2.21 bits per heavy atom. The van der Waals surface area contributed by atoms with Crippen LogP contribution in [0.25, 0.3) is 0 Å². The summed E-state index contributed by atoms with van der Waals surface area (Å²) >= 11 is 0.